The first-order chi connectivity index (χ1) is 7.43. The molecule has 0 aliphatic rings. The maximum atomic E-state index is 12.4. The second-order valence-electron chi connectivity index (χ2n) is 3.18. The molecule has 0 atom stereocenters. The first kappa shape index (κ1) is 11.6. The van der Waals surface area contributed by atoms with Gasteiger partial charge in [0.1, 0.15) is 0 Å². The fourth-order valence-electron chi connectivity index (χ4n) is 1.38. The standard InChI is InChI=1S/C9H8F3IN3/c1-13-8-15-5-3-7(9(10,11)12)14-4-6(5)16(8)2/h3-4H,1-2H3/q-1. The summed E-state index contributed by atoms with van der Waals surface area (Å²) >= 11 is -0.256. The van der Waals surface area contributed by atoms with Crippen molar-refractivity contribution in [2.24, 2.45) is 7.05 Å². The number of nitrogens with zero attached hydrogens (tertiary/aromatic N) is 3. The van der Waals surface area contributed by atoms with Gasteiger partial charge in [-0.15, -0.1) is 0 Å². The number of aromatic nitrogens is 3. The second kappa shape index (κ2) is 3.86. The van der Waals surface area contributed by atoms with E-state index in [1.165, 1.54) is 6.20 Å². The van der Waals surface area contributed by atoms with Gasteiger partial charge in [0.25, 0.3) is 0 Å². The average molecular weight is 342 g/mol. The van der Waals surface area contributed by atoms with Crippen molar-refractivity contribution >= 4 is 11.0 Å². The van der Waals surface area contributed by atoms with Gasteiger partial charge < -0.3 is 0 Å². The van der Waals surface area contributed by atoms with Gasteiger partial charge in [-0.3, -0.25) is 0 Å². The van der Waals surface area contributed by atoms with E-state index in [4.69, 9.17) is 0 Å². The van der Waals surface area contributed by atoms with Crippen LogP contribution in [-0.2, 0) is 13.2 Å². The molecular weight excluding hydrogens is 334 g/mol. The molecule has 0 N–H and O–H groups in total. The average Bonchev–Trinajstić information content (AvgIpc) is 2.54. The Bertz CT molecular complexity index is 533. The van der Waals surface area contributed by atoms with Crippen molar-refractivity contribution in [2.75, 3.05) is 4.93 Å². The molecule has 0 amide bonds. The molecule has 0 unspecified atom stereocenters. The van der Waals surface area contributed by atoms with Crippen LogP contribution in [0.15, 0.2) is 12.3 Å². The minimum atomic E-state index is -4.41. The van der Waals surface area contributed by atoms with Crippen LogP contribution in [0.25, 0.3) is 11.0 Å². The number of rotatable bonds is 1. The number of imidazole rings is 1. The third kappa shape index (κ3) is 1.87. The topological polar surface area (TPSA) is 30.7 Å². The molecule has 0 spiro atoms. The molecule has 16 heavy (non-hydrogen) atoms. The van der Waals surface area contributed by atoms with E-state index in [1.54, 1.807) is 11.6 Å². The van der Waals surface area contributed by atoms with Gasteiger partial charge >= 0.3 is 99.9 Å². The number of alkyl halides is 4. The fourth-order valence-corrected chi connectivity index (χ4v) is 2.87. The van der Waals surface area contributed by atoms with E-state index < -0.39 is 11.9 Å². The number of aryl methyl sites for hydroxylation is 1. The Morgan fingerprint density at radius 3 is 2.62 bits per heavy atom. The van der Waals surface area contributed by atoms with Crippen molar-refractivity contribution in [1.29, 1.82) is 0 Å². The van der Waals surface area contributed by atoms with Crippen molar-refractivity contribution in [3.05, 3.63) is 21.8 Å². The molecule has 2 aromatic rings. The van der Waals surface area contributed by atoms with Crippen molar-refractivity contribution < 1.29 is 34.4 Å². The molecule has 0 saturated carbocycles. The van der Waals surface area contributed by atoms with Crippen LogP contribution in [-0.4, -0.2) is 19.5 Å². The summed E-state index contributed by atoms with van der Waals surface area (Å²) in [7, 11) is 1.79. The zero-order valence-corrected chi connectivity index (χ0v) is 10.7. The number of halogens is 4. The monoisotopic (exact) mass is 342 g/mol. The summed E-state index contributed by atoms with van der Waals surface area (Å²) in [5.74, 6) is 0. The van der Waals surface area contributed by atoms with E-state index in [0.717, 1.165) is 9.90 Å². The summed E-state index contributed by atoms with van der Waals surface area (Å²) in [6, 6.07) is 0.998. The summed E-state index contributed by atoms with van der Waals surface area (Å²) < 4.78 is 39.9. The van der Waals surface area contributed by atoms with Crippen molar-refractivity contribution in [1.82, 2.24) is 14.5 Å². The first-order valence-corrected chi connectivity index (χ1v) is 7.56. The van der Waals surface area contributed by atoms with Crippen molar-refractivity contribution in [3.8, 4) is 0 Å². The predicted molar refractivity (Wildman–Crippen MR) is 48.1 cm³/mol. The molecule has 2 aromatic heterocycles. The van der Waals surface area contributed by atoms with Crippen LogP contribution in [0.4, 0.5) is 13.2 Å². The Labute approximate surface area is 99.9 Å². The van der Waals surface area contributed by atoms with Gasteiger partial charge in [0.15, 0.2) is 0 Å². The van der Waals surface area contributed by atoms with Crippen molar-refractivity contribution in [3.63, 3.8) is 0 Å². The SMILES string of the molecule is C[I-]c1nc2cc(C(F)(F)F)ncc2n1C. The molecule has 2 heterocycles. The zero-order chi connectivity index (χ0) is 11.9. The summed E-state index contributed by atoms with van der Waals surface area (Å²) in [6.07, 6.45) is -3.18. The Balaban J connectivity index is 2.64. The van der Waals surface area contributed by atoms with Crippen LogP contribution in [0.1, 0.15) is 5.69 Å². The maximum absolute atomic E-state index is 12.4. The number of pyridine rings is 1. The van der Waals surface area contributed by atoms with E-state index in [9.17, 15) is 13.2 Å². The summed E-state index contributed by atoms with van der Waals surface area (Å²) in [6.45, 7) is 0. The quantitative estimate of drug-likeness (QED) is 0.486. The van der Waals surface area contributed by atoms with E-state index in [2.05, 4.69) is 9.97 Å². The minimum absolute atomic E-state index is 0.256. The predicted octanol–water partition coefficient (Wildman–Crippen LogP) is -1.12. The number of fused-ring (bicyclic) bond motifs is 1. The Morgan fingerprint density at radius 2 is 2.06 bits per heavy atom. The molecule has 0 aliphatic heterocycles. The Kier molecular flexibility index (Phi) is 2.81. The van der Waals surface area contributed by atoms with Crippen LogP contribution in [0.2, 0.25) is 0 Å². The van der Waals surface area contributed by atoms with Crippen LogP contribution in [0.5, 0.6) is 0 Å². The number of hydrogen-bond acceptors (Lipinski definition) is 2. The molecule has 88 valence electrons. The molecule has 0 saturated heterocycles. The van der Waals surface area contributed by atoms with Gasteiger partial charge in [-0.05, 0) is 0 Å². The molecule has 0 fully saturated rings. The van der Waals surface area contributed by atoms with Gasteiger partial charge in [0.05, 0.1) is 0 Å². The second-order valence-corrected chi connectivity index (χ2v) is 5.23. The summed E-state index contributed by atoms with van der Waals surface area (Å²) in [5, 5.41) is 0. The summed E-state index contributed by atoms with van der Waals surface area (Å²) in [4.78, 5) is 9.60. The molecule has 2 rings (SSSR count). The zero-order valence-electron chi connectivity index (χ0n) is 8.51. The van der Waals surface area contributed by atoms with Crippen LogP contribution < -0.4 is 21.2 Å². The Hall–Kier alpha value is -0.860. The van der Waals surface area contributed by atoms with E-state index in [-0.39, 0.29) is 21.2 Å². The fraction of sp³-hybridized carbons (Fsp3) is 0.333. The normalized spacial score (nSPS) is 12.6. The summed E-state index contributed by atoms with van der Waals surface area (Å²) in [5.41, 5.74) is 0.116. The van der Waals surface area contributed by atoms with Crippen LogP contribution in [0, 0.1) is 3.83 Å². The van der Waals surface area contributed by atoms with Gasteiger partial charge in [0.2, 0.25) is 0 Å². The Morgan fingerprint density at radius 1 is 1.38 bits per heavy atom. The molecule has 0 bridgehead atoms. The van der Waals surface area contributed by atoms with Gasteiger partial charge in [-0.1, -0.05) is 0 Å². The molecule has 0 aromatic carbocycles. The van der Waals surface area contributed by atoms with E-state index >= 15 is 0 Å². The van der Waals surface area contributed by atoms with E-state index in [0.29, 0.717) is 11.0 Å². The molecule has 7 heteroatoms. The molecule has 3 nitrogen and oxygen atoms in total. The van der Waals surface area contributed by atoms with Gasteiger partial charge in [0, 0.05) is 0 Å². The van der Waals surface area contributed by atoms with Gasteiger partial charge in [-0.25, -0.2) is 0 Å². The molecular formula is C9H8F3IN3-. The first-order valence-electron chi connectivity index (χ1n) is 4.32. The third-order valence-corrected chi connectivity index (χ3v) is 4.10. The number of hydrogen-bond donors (Lipinski definition) is 0. The van der Waals surface area contributed by atoms with Gasteiger partial charge in [-0.2, -0.15) is 0 Å². The molecule has 0 aliphatic carbocycles. The van der Waals surface area contributed by atoms with Crippen molar-refractivity contribution in [2.45, 2.75) is 6.18 Å². The third-order valence-electron chi connectivity index (χ3n) is 2.17. The van der Waals surface area contributed by atoms with E-state index in [1.807, 2.05) is 4.93 Å². The van der Waals surface area contributed by atoms with Crippen LogP contribution >= 0.6 is 0 Å². The molecule has 0 radical (unpaired) electrons. The van der Waals surface area contributed by atoms with Crippen LogP contribution in [0.3, 0.4) is 0 Å².